The van der Waals surface area contributed by atoms with Crippen LogP contribution in [0.3, 0.4) is 0 Å². The Morgan fingerprint density at radius 3 is 2.50 bits per heavy atom. The molecular formula is C10H13NO. The summed E-state index contributed by atoms with van der Waals surface area (Å²) in [5, 5.41) is 0. The third-order valence-electron chi connectivity index (χ3n) is 2.34. The molecule has 64 valence electrons. The number of ether oxygens (including phenoxy) is 1. The predicted octanol–water partition coefficient (Wildman–Crippen LogP) is 1.56. The molecule has 0 aromatic heterocycles. The second-order valence-corrected chi connectivity index (χ2v) is 3.54. The van der Waals surface area contributed by atoms with Gasteiger partial charge < -0.3 is 10.5 Å². The van der Waals surface area contributed by atoms with Crippen LogP contribution in [0.5, 0.6) is 5.75 Å². The summed E-state index contributed by atoms with van der Waals surface area (Å²) in [7, 11) is 0. The fourth-order valence-corrected chi connectivity index (χ4v) is 1.25. The molecular weight excluding hydrogens is 150 g/mol. The molecule has 1 aromatic rings. The van der Waals surface area contributed by atoms with Crippen molar-refractivity contribution < 1.29 is 4.74 Å². The Hall–Kier alpha value is -1.02. The van der Waals surface area contributed by atoms with Gasteiger partial charge in [-0.3, -0.25) is 0 Å². The largest absolute Gasteiger partial charge is 0.486 e. The van der Waals surface area contributed by atoms with Gasteiger partial charge in [-0.05, 0) is 19.1 Å². The highest BCUT2D eigenvalue weighted by molar-refractivity contribution is 5.24. The Balaban J connectivity index is 2.06. The minimum absolute atomic E-state index is 0.110. The zero-order valence-corrected chi connectivity index (χ0v) is 7.16. The van der Waals surface area contributed by atoms with E-state index in [1.54, 1.807) is 0 Å². The van der Waals surface area contributed by atoms with Crippen LogP contribution in [0.25, 0.3) is 0 Å². The molecule has 0 unspecified atom stereocenters. The van der Waals surface area contributed by atoms with E-state index >= 15 is 0 Å². The number of benzene rings is 1. The predicted molar refractivity (Wildman–Crippen MR) is 48.1 cm³/mol. The maximum Gasteiger partial charge on any atom is 0.123 e. The summed E-state index contributed by atoms with van der Waals surface area (Å²) in [6, 6.07) is 10.0. The van der Waals surface area contributed by atoms with Crippen molar-refractivity contribution in [1.82, 2.24) is 0 Å². The summed E-state index contributed by atoms with van der Waals surface area (Å²) >= 11 is 0. The van der Waals surface area contributed by atoms with E-state index in [0.717, 1.165) is 12.2 Å². The highest BCUT2D eigenvalue weighted by Gasteiger charge is 2.50. The SMILES string of the molecule is C[C@@]1(Oc2ccccc2)C[C@H]1N. The van der Waals surface area contributed by atoms with E-state index in [1.807, 2.05) is 37.3 Å². The molecule has 0 radical (unpaired) electrons. The van der Waals surface area contributed by atoms with E-state index in [0.29, 0.717) is 0 Å². The van der Waals surface area contributed by atoms with Crippen LogP contribution in [0.1, 0.15) is 13.3 Å². The van der Waals surface area contributed by atoms with E-state index in [4.69, 9.17) is 10.5 Å². The Labute approximate surface area is 72.3 Å². The van der Waals surface area contributed by atoms with Crippen LogP contribution in [0, 0.1) is 0 Å². The Morgan fingerprint density at radius 2 is 2.00 bits per heavy atom. The number of rotatable bonds is 2. The number of hydrogen-bond acceptors (Lipinski definition) is 2. The molecule has 2 rings (SSSR count). The summed E-state index contributed by atoms with van der Waals surface area (Å²) in [6.07, 6.45) is 0.960. The van der Waals surface area contributed by atoms with Crippen LogP contribution in [-0.4, -0.2) is 11.6 Å². The summed E-state index contributed by atoms with van der Waals surface area (Å²) in [4.78, 5) is 0. The van der Waals surface area contributed by atoms with Gasteiger partial charge in [0.2, 0.25) is 0 Å². The number of nitrogens with two attached hydrogens (primary N) is 1. The molecule has 1 fully saturated rings. The molecule has 1 aliphatic carbocycles. The fraction of sp³-hybridized carbons (Fsp3) is 0.400. The van der Waals surface area contributed by atoms with Gasteiger partial charge in [0.15, 0.2) is 0 Å². The molecule has 0 bridgehead atoms. The molecule has 1 aromatic carbocycles. The first-order valence-corrected chi connectivity index (χ1v) is 4.20. The van der Waals surface area contributed by atoms with Crippen LogP contribution in [0.2, 0.25) is 0 Å². The van der Waals surface area contributed by atoms with Crippen molar-refractivity contribution in [3.8, 4) is 5.75 Å². The lowest BCUT2D eigenvalue weighted by Crippen LogP contribution is -2.23. The maximum atomic E-state index is 5.72. The van der Waals surface area contributed by atoms with Gasteiger partial charge >= 0.3 is 0 Å². The maximum absolute atomic E-state index is 5.72. The van der Waals surface area contributed by atoms with Crippen LogP contribution < -0.4 is 10.5 Å². The number of hydrogen-bond donors (Lipinski definition) is 1. The Kier molecular flexibility index (Phi) is 1.58. The summed E-state index contributed by atoms with van der Waals surface area (Å²) in [5.41, 5.74) is 5.61. The van der Waals surface area contributed by atoms with E-state index in [-0.39, 0.29) is 11.6 Å². The Morgan fingerprint density at radius 1 is 1.42 bits per heavy atom. The van der Waals surface area contributed by atoms with Crippen LogP contribution in [0.4, 0.5) is 0 Å². The zero-order valence-electron chi connectivity index (χ0n) is 7.16. The molecule has 0 saturated heterocycles. The third kappa shape index (κ3) is 1.30. The average Bonchev–Trinajstić information content (AvgIpc) is 2.61. The molecule has 0 spiro atoms. The molecule has 0 amide bonds. The minimum atomic E-state index is -0.110. The van der Waals surface area contributed by atoms with Crippen molar-refractivity contribution >= 4 is 0 Å². The molecule has 2 nitrogen and oxygen atoms in total. The van der Waals surface area contributed by atoms with Crippen LogP contribution >= 0.6 is 0 Å². The summed E-state index contributed by atoms with van der Waals surface area (Å²) in [6.45, 7) is 2.05. The zero-order chi connectivity index (χ0) is 8.60. The van der Waals surface area contributed by atoms with Gasteiger partial charge in [0.1, 0.15) is 11.4 Å². The molecule has 2 N–H and O–H groups in total. The summed E-state index contributed by atoms with van der Waals surface area (Å²) in [5.74, 6) is 0.910. The molecule has 1 aliphatic rings. The Bertz CT molecular complexity index is 272. The van der Waals surface area contributed by atoms with Crippen LogP contribution in [-0.2, 0) is 0 Å². The lowest BCUT2D eigenvalue weighted by molar-refractivity contribution is 0.193. The van der Waals surface area contributed by atoms with Crippen molar-refractivity contribution in [1.29, 1.82) is 0 Å². The van der Waals surface area contributed by atoms with Crippen molar-refractivity contribution in [3.63, 3.8) is 0 Å². The molecule has 0 heterocycles. The molecule has 12 heavy (non-hydrogen) atoms. The van der Waals surface area contributed by atoms with Gasteiger partial charge in [-0.2, -0.15) is 0 Å². The standard InChI is InChI=1S/C10H13NO/c1-10(7-9(10)11)12-8-5-3-2-4-6-8/h2-6,9H,7,11H2,1H3/t9-,10-/m1/s1. The first-order valence-electron chi connectivity index (χ1n) is 4.20. The van der Waals surface area contributed by atoms with E-state index in [2.05, 4.69) is 0 Å². The van der Waals surface area contributed by atoms with Crippen molar-refractivity contribution in [2.75, 3.05) is 0 Å². The second kappa shape index (κ2) is 2.49. The quantitative estimate of drug-likeness (QED) is 0.718. The lowest BCUT2D eigenvalue weighted by Gasteiger charge is -2.13. The molecule has 0 aliphatic heterocycles. The minimum Gasteiger partial charge on any atom is -0.486 e. The van der Waals surface area contributed by atoms with Gasteiger partial charge in [0.05, 0.1) is 0 Å². The first kappa shape index (κ1) is 7.62. The fourth-order valence-electron chi connectivity index (χ4n) is 1.25. The number of para-hydroxylation sites is 1. The second-order valence-electron chi connectivity index (χ2n) is 3.54. The molecule has 2 heteroatoms. The molecule has 2 atom stereocenters. The lowest BCUT2D eigenvalue weighted by atomic mass is 10.3. The monoisotopic (exact) mass is 163 g/mol. The normalized spacial score (nSPS) is 33.0. The highest BCUT2D eigenvalue weighted by Crippen LogP contribution is 2.38. The van der Waals surface area contributed by atoms with Crippen LogP contribution in [0.15, 0.2) is 30.3 Å². The first-order chi connectivity index (χ1) is 5.71. The van der Waals surface area contributed by atoms with E-state index in [9.17, 15) is 0 Å². The van der Waals surface area contributed by atoms with Gasteiger partial charge in [0, 0.05) is 12.5 Å². The average molecular weight is 163 g/mol. The molecule has 1 saturated carbocycles. The van der Waals surface area contributed by atoms with E-state index < -0.39 is 0 Å². The summed E-state index contributed by atoms with van der Waals surface area (Å²) < 4.78 is 5.70. The van der Waals surface area contributed by atoms with Gasteiger partial charge in [0.25, 0.3) is 0 Å². The van der Waals surface area contributed by atoms with E-state index in [1.165, 1.54) is 0 Å². The van der Waals surface area contributed by atoms with Crippen molar-refractivity contribution in [3.05, 3.63) is 30.3 Å². The third-order valence-corrected chi connectivity index (χ3v) is 2.34. The van der Waals surface area contributed by atoms with Crippen molar-refractivity contribution in [2.45, 2.75) is 25.0 Å². The topological polar surface area (TPSA) is 35.2 Å². The smallest absolute Gasteiger partial charge is 0.123 e. The van der Waals surface area contributed by atoms with Crippen molar-refractivity contribution in [2.24, 2.45) is 5.73 Å². The highest BCUT2D eigenvalue weighted by atomic mass is 16.5. The van der Waals surface area contributed by atoms with Gasteiger partial charge in [-0.1, -0.05) is 18.2 Å². The van der Waals surface area contributed by atoms with Gasteiger partial charge in [-0.15, -0.1) is 0 Å². The van der Waals surface area contributed by atoms with Gasteiger partial charge in [-0.25, -0.2) is 0 Å².